The molecular formula is C8H6FN3O. The van der Waals surface area contributed by atoms with E-state index >= 15 is 0 Å². The SMILES string of the molecule is NC(=O)c1ccc2c(c1)ncn2F. The zero-order chi connectivity index (χ0) is 9.42. The molecule has 0 saturated heterocycles. The van der Waals surface area contributed by atoms with Gasteiger partial charge >= 0.3 is 0 Å². The highest BCUT2D eigenvalue weighted by Crippen LogP contribution is 2.14. The van der Waals surface area contributed by atoms with Gasteiger partial charge in [-0.2, -0.15) is 4.79 Å². The van der Waals surface area contributed by atoms with Crippen LogP contribution in [0.5, 0.6) is 0 Å². The van der Waals surface area contributed by atoms with Crippen molar-refractivity contribution < 1.29 is 9.28 Å². The Kier molecular flexibility index (Phi) is 1.51. The lowest BCUT2D eigenvalue weighted by Crippen LogP contribution is -2.10. The lowest BCUT2D eigenvalue weighted by molar-refractivity contribution is 0.100. The molecule has 2 N–H and O–H groups in total. The maximum Gasteiger partial charge on any atom is 0.248 e. The molecule has 0 aliphatic heterocycles. The summed E-state index contributed by atoms with van der Waals surface area (Å²) in [6.45, 7) is 0. The smallest absolute Gasteiger partial charge is 0.248 e. The summed E-state index contributed by atoms with van der Waals surface area (Å²) in [6, 6.07) is 4.37. The summed E-state index contributed by atoms with van der Waals surface area (Å²) in [5, 5.41) is 0. The van der Waals surface area contributed by atoms with Gasteiger partial charge in [0.1, 0.15) is 11.8 Å². The highest BCUT2D eigenvalue weighted by atomic mass is 19.2. The fourth-order valence-electron chi connectivity index (χ4n) is 1.14. The van der Waals surface area contributed by atoms with Crippen LogP contribution in [0.2, 0.25) is 0 Å². The molecule has 0 radical (unpaired) electrons. The molecule has 0 fully saturated rings. The predicted molar refractivity (Wildman–Crippen MR) is 44.8 cm³/mol. The number of rotatable bonds is 1. The van der Waals surface area contributed by atoms with Crippen LogP contribution in [0.4, 0.5) is 4.48 Å². The summed E-state index contributed by atoms with van der Waals surface area (Å²) in [6.07, 6.45) is 1.04. The summed E-state index contributed by atoms with van der Waals surface area (Å²) in [5.41, 5.74) is 6.11. The van der Waals surface area contributed by atoms with E-state index in [2.05, 4.69) is 4.98 Å². The van der Waals surface area contributed by atoms with E-state index in [4.69, 9.17) is 5.73 Å². The van der Waals surface area contributed by atoms with Crippen molar-refractivity contribution in [2.45, 2.75) is 0 Å². The molecule has 0 aliphatic rings. The molecule has 4 nitrogen and oxygen atoms in total. The van der Waals surface area contributed by atoms with Gasteiger partial charge in [0.25, 0.3) is 0 Å². The van der Waals surface area contributed by atoms with Crippen molar-refractivity contribution in [1.82, 2.24) is 9.77 Å². The molecule has 0 bridgehead atoms. The largest absolute Gasteiger partial charge is 0.366 e. The molecule has 2 aromatic rings. The molecule has 2 rings (SSSR count). The van der Waals surface area contributed by atoms with Gasteiger partial charge in [-0.1, -0.05) is 4.48 Å². The third-order valence-corrected chi connectivity index (χ3v) is 1.79. The Morgan fingerprint density at radius 1 is 1.54 bits per heavy atom. The van der Waals surface area contributed by atoms with Crippen LogP contribution >= 0.6 is 0 Å². The maximum absolute atomic E-state index is 12.8. The summed E-state index contributed by atoms with van der Waals surface area (Å²) in [4.78, 5) is 14.9. The average molecular weight is 179 g/mol. The number of benzene rings is 1. The first-order valence-electron chi connectivity index (χ1n) is 3.61. The van der Waals surface area contributed by atoms with Gasteiger partial charge < -0.3 is 5.73 Å². The molecule has 1 aromatic carbocycles. The van der Waals surface area contributed by atoms with E-state index < -0.39 is 5.91 Å². The van der Waals surface area contributed by atoms with Gasteiger partial charge in [-0.15, -0.1) is 0 Å². The van der Waals surface area contributed by atoms with Gasteiger partial charge in [-0.05, 0) is 18.2 Å². The van der Waals surface area contributed by atoms with Crippen molar-refractivity contribution in [1.29, 1.82) is 0 Å². The summed E-state index contributed by atoms with van der Waals surface area (Å²) >= 11 is 0. The van der Waals surface area contributed by atoms with E-state index in [1.54, 1.807) is 0 Å². The number of halogens is 1. The second-order valence-corrected chi connectivity index (χ2v) is 2.62. The van der Waals surface area contributed by atoms with Gasteiger partial charge in [0.2, 0.25) is 5.91 Å². The molecule has 0 saturated carbocycles. The van der Waals surface area contributed by atoms with Gasteiger partial charge in [0, 0.05) is 5.56 Å². The van der Waals surface area contributed by atoms with Gasteiger partial charge in [0.15, 0.2) is 0 Å². The summed E-state index contributed by atoms with van der Waals surface area (Å²) < 4.78 is 12.8. The van der Waals surface area contributed by atoms with Crippen LogP contribution < -0.4 is 5.73 Å². The minimum atomic E-state index is -0.546. The topological polar surface area (TPSA) is 60.9 Å². The third-order valence-electron chi connectivity index (χ3n) is 1.79. The van der Waals surface area contributed by atoms with Crippen LogP contribution in [-0.2, 0) is 0 Å². The minimum absolute atomic E-state index is 0.324. The quantitative estimate of drug-likeness (QED) is 0.705. The number of fused-ring (bicyclic) bond motifs is 1. The van der Waals surface area contributed by atoms with Gasteiger partial charge in [-0.3, -0.25) is 4.79 Å². The van der Waals surface area contributed by atoms with E-state index in [1.165, 1.54) is 18.2 Å². The number of carbonyl (C=O) groups excluding carboxylic acids is 1. The maximum atomic E-state index is 12.8. The molecule has 1 heterocycles. The lowest BCUT2D eigenvalue weighted by Gasteiger charge is -1.94. The average Bonchev–Trinajstić information content (AvgIpc) is 2.47. The molecule has 1 aromatic heterocycles. The number of hydrogen-bond acceptors (Lipinski definition) is 2. The minimum Gasteiger partial charge on any atom is -0.366 e. The first-order valence-corrected chi connectivity index (χ1v) is 3.61. The second-order valence-electron chi connectivity index (χ2n) is 2.62. The molecule has 66 valence electrons. The van der Waals surface area contributed by atoms with Crippen LogP contribution in [0.3, 0.4) is 0 Å². The zero-order valence-electron chi connectivity index (χ0n) is 6.57. The normalized spacial score (nSPS) is 10.5. The van der Waals surface area contributed by atoms with Crippen molar-refractivity contribution in [2.75, 3.05) is 0 Å². The molecule has 0 atom stereocenters. The van der Waals surface area contributed by atoms with Crippen LogP contribution in [-0.4, -0.2) is 15.7 Å². The molecule has 0 unspecified atom stereocenters. The van der Waals surface area contributed by atoms with Crippen molar-refractivity contribution in [3.63, 3.8) is 0 Å². The number of carbonyl (C=O) groups is 1. The van der Waals surface area contributed by atoms with Gasteiger partial charge in [-0.25, -0.2) is 4.98 Å². The van der Waals surface area contributed by atoms with E-state index in [9.17, 15) is 9.28 Å². The number of nitrogens with two attached hydrogens (primary N) is 1. The molecule has 1 amide bonds. The van der Waals surface area contributed by atoms with Crippen LogP contribution in [0.25, 0.3) is 11.0 Å². The van der Waals surface area contributed by atoms with Gasteiger partial charge in [0.05, 0.1) is 5.52 Å². The molecule has 5 heteroatoms. The molecule has 0 spiro atoms. The van der Waals surface area contributed by atoms with Crippen molar-refractivity contribution in [2.24, 2.45) is 5.73 Å². The molecule has 0 aliphatic carbocycles. The van der Waals surface area contributed by atoms with E-state index in [0.29, 0.717) is 21.4 Å². The summed E-state index contributed by atoms with van der Waals surface area (Å²) in [5.74, 6) is -0.546. The zero-order valence-corrected chi connectivity index (χ0v) is 6.57. The van der Waals surface area contributed by atoms with Crippen molar-refractivity contribution in [3.8, 4) is 0 Å². The molecule has 13 heavy (non-hydrogen) atoms. The Hall–Kier alpha value is -1.91. The standard InChI is InChI=1S/C8H6FN3O/c9-12-4-11-6-3-5(8(10)13)1-2-7(6)12/h1-4H,(H2,10,13). The fourth-order valence-corrected chi connectivity index (χ4v) is 1.14. The number of primary amides is 1. The molecular weight excluding hydrogens is 173 g/mol. The highest BCUT2D eigenvalue weighted by Gasteiger charge is 2.05. The Labute approximate surface area is 72.7 Å². The Bertz CT molecular complexity index is 477. The van der Waals surface area contributed by atoms with E-state index in [-0.39, 0.29) is 0 Å². The third kappa shape index (κ3) is 1.14. The monoisotopic (exact) mass is 179 g/mol. The highest BCUT2D eigenvalue weighted by molar-refractivity contribution is 5.96. The van der Waals surface area contributed by atoms with Crippen molar-refractivity contribution in [3.05, 3.63) is 30.1 Å². The number of imidazole rings is 1. The van der Waals surface area contributed by atoms with E-state index in [1.807, 2.05) is 0 Å². The first-order chi connectivity index (χ1) is 6.18. The predicted octanol–water partition coefficient (Wildman–Crippen LogP) is 0.868. The summed E-state index contributed by atoms with van der Waals surface area (Å²) in [7, 11) is 0. The Morgan fingerprint density at radius 2 is 2.31 bits per heavy atom. The number of aromatic nitrogens is 2. The van der Waals surface area contributed by atoms with Crippen molar-refractivity contribution >= 4 is 16.9 Å². The van der Waals surface area contributed by atoms with Crippen LogP contribution in [0.15, 0.2) is 24.5 Å². The van der Waals surface area contributed by atoms with Crippen LogP contribution in [0, 0.1) is 0 Å². The second kappa shape index (κ2) is 2.55. The number of hydrogen-bond donors (Lipinski definition) is 1. The Balaban J connectivity index is 2.70. The first kappa shape index (κ1) is 7.72. The number of amides is 1. The fraction of sp³-hybridized carbons (Fsp3) is 0. The van der Waals surface area contributed by atoms with Crippen LogP contribution in [0.1, 0.15) is 10.4 Å². The lowest BCUT2D eigenvalue weighted by atomic mass is 10.2. The number of nitrogens with zero attached hydrogens (tertiary/aromatic N) is 2. The Morgan fingerprint density at radius 3 is 3.00 bits per heavy atom. The van der Waals surface area contributed by atoms with E-state index in [0.717, 1.165) is 6.33 Å².